The number of fused-ring (bicyclic) bond motifs is 1. The van der Waals surface area contributed by atoms with Crippen LogP contribution in [0.2, 0.25) is 0 Å². The van der Waals surface area contributed by atoms with Crippen molar-refractivity contribution in [2.75, 3.05) is 0 Å². The maximum atomic E-state index is 12.7. The molecular formula is C19H15F3N2O2S. The average molecular weight is 392 g/mol. The van der Waals surface area contributed by atoms with E-state index in [9.17, 15) is 18.0 Å². The standard InChI is InChI=1S/C19H15F3N2O2S/c1-3-16(25)23-10-12-4-9-15(17-18(12)26-11(2)24-17)27-14-7-5-13(6-8-14)19(20,21)22/h3-9H,1,10H2,2H3,(H,23,25). The Morgan fingerprint density at radius 3 is 2.59 bits per heavy atom. The topological polar surface area (TPSA) is 55.1 Å². The number of amides is 1. The molecule has 0 aliphatic rings. The van der Waals surface area contributed by atoms with Gasteiger partial charge in [0, 0.05) is 28.8 Å². The first-order valence-electron chi connectivity index (χ1n) is 7.92. The zero-order chi connectivity index (χ0) is 19.6. The zero-order valence-corrected chi connectivity index (χ0v) is 15.1. The Balaban J connectivity index is 1.89. The summed E-state index contributed by atoms with van der Waals surface area (Å²) in [5.41, 5.74) is 1.19. The monoisotopic (exact) mass is 392 g/mol. The van der Waals surface area contributed by atoms with E-state index in [4.69, 9.17) is 4.42 Å². The Kier molecular flexibility index (Phi) is 5.27. The third-order valence-electron chi connectivity index (χ3n) is 3.74. The molecule has 8 heteroatoms. The number of alkyl halides is 3. The third kappa shape index (κ3) is 4.33. The van der Waals surface area contributed by atoms with E-state index < -0.39 is 11.7 Å². The number of aryl methyl sites for hydroxylation is 1. The van der Waals surface area contributed by atoms with Crippen LogP contribution in [0.1, 0.15) is 17.0 Å². The summed E-state index contributed by atoms with van der Waals surface area (Å²) in [6.45, 7) is 5.36. The first kappa shape index (κ1) is 19.0. The van der Waals surface area contributed by atoms with Crippen molar-refractivity contribution in [1.82, 2.24) is 10.3 Å². The first-order chi connectivity index (χ1) is 12.8. The summed E-state index contributed by atoms with van der Waals surface area (Å²) in [7, 11) is 0. The molecule has 1 amide bonds. The lowest BCUT2D eigenvalue weighted by Crippen LogP contribution is -2.19. The van der Waals surface area contributed by atoms with Crippen LogP contribution < -0.4 is 5.32 Å². The Hall–Kier alpha value is -2.74. The van der Waals surface area contributed by atoms with Crippen molar-refractivity contribution < 1.29 is 22.4 Å². The van der Waals surface area contributed by atoms with E-state index in [2.05, 4.69) is 16.9 Å². The van der Waals surface area contributed by atoms with E-state index in [-0.39, 0.29) is 12.5 Å². The van der Waals surface area contributed by atoms with E-state index in [1.165, 1.54) is 30.0 Å². The van der Waals surface area contributed by atoms with E-state index in [1.54, 1.807) is 13.0 Å². The summed E-state index contributed by atoms with van der Waals surface area (Å²) < 4.78 is 43.7. The second-order valence-corrected chi connectivity index (χ2v) is 6.79. The molecule has 0 atom stereocenters. The lowest BCUT2D eigenvalue weighted by atomic mass is 10.2. The number of hydrogen-bond acceptors (Lipinski definition) is 4. The highest BCUT2D eigenvalue weighted by atomic mass is 32.2. The molecule has 1 aromatic heterocycles. The van der Waals surface area contributed by atoms with Crippen LogP contribution in [0.5, 0.6) is 0 Å². The van der Waals surface area contributed by atoms with Crippen molar-refractivity contribution in [3.05, 3.63) is 66.1 Å². The lowest BCUT2D eigenvalue weighted by Gasteiger charge is -2.09. The molecule has 0 saturated heterocycles. The number of oxazole rings is 1. The van der Waals surface area contributed by atoms with Gasteiger partial charge in [-0.05, 0) is 36.4 Å². The third-order valence-corrected chi connectivity index (χ3v) is 4.80. The molecule has 3 rings (SSSR count). The second-order valence-electron chi connectivity index (χ2n) is 5.68. The summed E-state index contributed by atoms with van der Waals surface area (Å²) in [5.74, 6) is 0.157. The van der Waals surface area contributed by atoms with Gasteiger partial charge in [0.05, 0.1) is 5.56 Å². The van der Waals surface area contributed by atoms with Crippen molar-refractivity contribution in [1.29, 1.82) is 0 Å². The number of benzene rings is 2. The number of nitrogens with one attached hydrogen (secondary N) is 1. The number of carbonyl (C=O) groups is 1. The quantitative estimate of drug-likeness (QED) is 0.613. The lowest BCUT2D eigenvalue weighted by molar-refractivity contribution is -0.137. The molecule has 0 fully saturated rings. The predicted octanol–water partition coefficient (Wildman–Crippen LogP) is 5.11. The van der Waals surface area contributed by atoms with Crippen LogP contribution in [0.25, 0.3) is 11.1 Å². The second kappa shape index (κ2) is 7.48. The Labute approximate surface area is 157 Å². The smallest absolute Gasteiger partial charge is 0.416 e. The molecule has 2 aromatic carbocycles. The zero-order valence-electron chi connectivity index (χ0n) is 14.3. The van der Waals surface area contributed by atoms with Gasteiger partial charge in [0.15, 0.2) is 11.5 Å². The highest BCUT2D eigenvalue weighted by Crippen LogP contribution is 2.36. The molecule has 0 aliphatic heterocycles. The fourth-order valence-electron chi connectivity index (χ4n) is 2.46. The van der Waals surface area contributed by atoms with E-state index in [1.807, 2.05) is 6.07 Å². The first-order valence-corrected chi connectivity index (χ1v) is 8.74. The van der Waals surface area contributed by atoms with Crippen molar-refractivity contribution in [2.45, 2.75) is 29.4 Å². The van der Waals surface area contributed by atoms with Crippen LogP contribution in [-0.4, -0.2) is 10.9 Å². The largest absolute Gasteiger partial charge is 0.441 e. The van der Waals surface area contributed by atoms with Gasteiger partial charge in [0.2, 0.25) is 5.91 Å². The van der Waals surface area contributed by atoms with E-state index >= 15 is 0 Å². The van der Waals surface area contributed by atoms with Crippen LogP contribution in [0, 0.1) is 6.92 Å². The number of hydrogen-bond donors (Lipinski definition) is 1. The minimum absolute atomic E-state index is 0.251. The Morgan fingerprint density at radius 2 is 1.96 bits per heavy atom. The van der Waals surface area contributed by atoms with E-state index in [0.717, 1.165) is 22.6 Å². The fourth-order valence-corrected chi connectivity index (χ4v) is 3.35. The van der Waals surface area contributed by atoms with Gasteiger partial charge in [-0.2, -0.15) is 13.2 Å². The van der Waals surface area contributed by atoms with Gasteiger partial charge in [-0.1, -0.05) is 24.4 Å². The molecule has 0 bridgehead atoms. The molecule has 0 aliphatic carbocycles. The minimum atomic E-state index is -4.36. The summed E-state index contributed by atoms with van der Waals surface area (Å²) in [6.07, 6.45) is -3.19. The molecule has 0 radical (unpaired) electrons. The van der Waals surface area contributed by atoms with E-state index in [0.29, 0.717) is 21.9 Å². The molecule has 4 nitrogen and oxygen atoms in total. The van der Waals surface area contributed by atoms with Crippen molar-refractivity contribution in [2.24, 2.45) is 0 Å². The molecule has 1 heterocycles. The van der Waals surface area contributed by atoms with Gasteiger partial charge in [-0.15, -0.1) is 0 Å². The van der Waals surface area contributed by atoms with Crippen LogP contribution in [-0.2, 0) is 17.5 Å². The molecule has 0 spiro atoms. The van der Waals surface area contributed by atoms with Gasteiger partial charge >= 0.3 is 6.18 Å². The van der Waals surface area contributed by atoms with Gasteiger partial charge < -0.3 is 9.73 Å². The molecular weight excluding hydrogens is 377 g/mol. The van der Waals surface area contributed by atoms with Crippen LogP contribution >= 0.6 is 11.8 Å². The molecule has 140 valence electrons. The highest BCUT2D eigenvalue weighted by molar-refractivity contribution is 7.99. The number of carbonyl (C=O) groups excluding carboxylic acids is 1. The highest BCUT2D eigenvalue weighted by Gasteiger charge is 2.30. The van der Waals surface area contributed by atoms with Gasteiger partial charge in [-0.25, -0.2) is 4.98 Å². The van der Waals surface area contributed by atoms with Crippen LogP contribution in [0.3, 0.4) is 0 Å². The Morgan fingerprint density at radius 1 is 1.26 bits per heavy atom. The molecule has 1 N–H and O–H groups in total. The minimum Gasteiger partial charge on any atom is -0.441 e. The summed E-state index contributed by atoms with van der Waals surface area (Å²) >= 11 is 1.29. The maximum absolute atomic E-state index is 12.7. The number of aromatic nitrogens is 1. The number of nitrogens with zero attached hydrogens (tertiary/aromatic N) is 1. The Bertz CT molecular complexity index is 995. The van der Waals surface area contributed by atoms with Crippen molar-refractivity contribution >= 4 is 28.8 Å². The SMILES string of the molecule is C=CC(=O)NCc1ccc(Sc2ccc(C(F)(F)F)cc2)c2nc(C)oc12. The maximum Gasteiger partial charge on any atom is 0.416 e. The van der Waals surface area contributed by atoms with Crippen molar-refractivity contribution in [3.63, 3.8) is 0 Å². The normalized spacial score (nSPS) is 11.6. The van der Waals surface area contributed by atoms with Crippen LogP contribution in [0.4, 0.5) is 13.2 Å². The van der Waals surface area contributed by atoms with Crippen molar-refractivity contribution in [3.8, 4) is 0 Å². The summed E-state index contributed by atoms with van der Waals surface area (Å²) in [4.78, 5) is 17.1. The molecule has 3 aromatic rings. The molecule has 27 heavy (non-hydrogen) atoms. The van der Waals surface area contributed by atoms with Crippen LogP contribution in [0.15, 0.2) is 63.3 Å². The summed E-state index contributed by atoms with van der Waals surface area (Å²) in [5, 5.41) is 2.68. The van der Waals surface area contributed by atoms with Gasteiger partial charge in [0.1, 0.15) is 5.52 Å². The van der Waals surface area contributed by atoms with Gasteiger partial charge in [0.25, 0.3) is 0 Å². The fraction of sp³-hybridized carbons (Fsp3) is 0.158. The predicted molar refractivity (Wildman–Crippen MR) is 96.4 cm³/mol. The number of halogens is 3. The van der Waals surface area contributed by atoms with Gasteiger partial charge in [-0.3, -0.25) is 4.79 Å². The summed E-state index contributed by atoms with van der Waals surface area (Å²) in [6, 6.07) is 8.54. The molecule has 0 saturated carbocycles. The molecule has 0 unspecified atom stereocenters. The number of rotatable bonds is 5. The average Bonchev–Trinajstić information content (AvgIpc) is 3.02.